The Morgan fingerprint density at radius 1 is 0.759 bits per heavy atom. The topological polar surface area (TPSA) is 226 Å². The van der Waals surface area contributed by atoms with Crippen LogP contribution in [0.4, 0.5) is 32.2 Å². The van der Waals surface area contributed by atoms with Crippen LogP contribution in [0.5, 0.6) is 0 Å². The number of aromatic amines is 4. The lowest BCUT2D eigenvalue weighted by atomic mass is 10.00. The summed E-state index contributed by atoms with van der Waals surface area (Å²) in [6.07, 6.45) is -5.53. The smallest absolute Gasteiger partial charge is 0.390 e. The Morgan fingerprint density at radius 2 is 1.24 bits per heavy atom. The molecule has 3 aromatic heterocycles. The minimum absolute atomic E-state index is 0.0420. The van der Waals surface area contributed by atoms with Gasteiger partial charge in [-0.25, -0.2) is 14.3 Å². The summed E-state index contributed by atoms with van der Waals surface area (Å²) in [7, 11) is 0. The average Bonchev–Trinajstić information content (AvgIpc) is 4.13. The van der Waals surface area contributed by atoms with Gasteiger partial charge >= 0.3 is 23.7 Å². The third kappa shape index (κ3) is 10.4. The highest BCUT2D eigenvalue weighted by Gasteiger charge is 2.38. The zero-order valence-corrected chi connectivity index (χ0v) is 31.9. The van der Waals surface area contributed by atoms with Gasteiger partial charge in [-0.05, 0) is 72.9 Å². The van der Waals surface area contributed by atoms with Gasteiger partial charge in [-0.15, -0.1) is 0 Å². The van der Waals surface area contributed by atoms with Crippen molar-refractivity contribution >= 4 is 22.6 Å². The van der Waals surface area contributed by atoms with Crippen LogP contribution in [0, 0.1) is 17.2 Å². The van der Waals surface area contributed by atoms with Gasteiger partial charge in [0.15, 0.2) is 0 Å². The van der Waals surface area contributed by atoms with Gasteiger partial charge in [0.05, 0.1) is 42.1 Å². The van der Waals surface area contributed by atoms with Crippen LogP contribution < -0.4 is 27.8 Å². The fraction of sp³-hybridized carbons (Fsp3) is 0.421. The molecular formula is C38H44F6N8O6. The summed E-state index contributed by atoms with van der Waals surface area (Å²) in [4.78, 5) is 56.5. The molecule has 0 spiro atoms. The second kappa shape index (κ2) is 18.7. The molecule has 2 fully saturated rings. The quantitative estimate of drug-likeness (QED) is 0.0616. The van der Waals surface area contributed by atoms with Crippen LogP contribution in [0.2, 0.25) is 0 Å². The van der Waals surface area contributed by atoms with E-state index in [9.17, 15) is 55.7 Å². The molecule has 2 aliphatic rings. The molecule has 2 unspecified atom stereocenters. The molecule has 0 amide bonds. The number of H-pyrrole nitrogens is 4. The molecule has 5 aromatic rings. The van der Waals surface area contributed by atoms with Crippen LogP contribution in [0.25, 0.3) is 11.0 Å². The van der Waals surface area contributed by atoms with Crippen molar-refractivity contribution < 1.29 is 36.6 Å². The summed E-state index contributed by atoms with van der Waals surface area (Å²) >= 11 is 0. The highest BCUT2D eigenvalue weighted by atomic mass is 19.4. The van der Waals surface area contributed by atoms with E-state index >= 15 is 0 Å². The molecule has 314 valence electrons. The summed E-state index contributed by atoms with van der Waals surface area (Å²) in [5.74, 6) is 0.180. The van der Waals surface area contributed by atoms with Gasteiger partial charge < -0.3 is 20.9 Å². The van der Waals surface area contributed by atoms with E-state index in [1.54, 1.807) is 0 Å². The van der Waals surface area contributed by atoms with Gasteiger partial charge in [0.2, 0.25) is 0 Å². The molecular weight excluding hydrogens is 778 g/mol. The molecule has 58 heavy (non-hydrogen) atoms. The lowest BCUT2D eigenvalue weighted by molar-refractivity contribution is -0.138. The molecule has 3 heterocycles. The number of aromatic nitrogens is 6. The number of aliphatic hydroxyl groups is 2. The molecule has 20 heteroatoms. The number of fused-ring (bicyclic) bond motifs is 1. The third-order valence-electron chi connectivity index (χ3n) is 9.12. The second-order valence-corrected chi connectivity index (χ2v) is 13.0. The molecule has 2 aromatic carbocycles. The largest absolute Gasteiger partial charge is 0.416 e. The van der Waals surface area contributed by atoms with E-state index in [0.29, 0.717) is 11.1 Å². The maximum atomic E-state index is 12.8. The molecule has 0 bridgehead atoms. The predicted molar refractivity (Wildman–Crippen MR) is 204 cm³/mol. The third-order valence-corrected chi connectivity index (χ3v) is 9.12. The molecule has 2 saturated carbocycles. The summed E-state index contributed by atoms with van der Waals surface area (Å²) < 4.78 is 78.2. The zero-order valence-electron chi connectivity index (χ0n) is 31.9. The van der Waals surface area contributed by atoms with E-state index < -0.39 is 77.0 Å². The number of nitrogens with one attached hydrogen (secondary N) is 6. The SMILES string of the molecule is CC.CC.N=C(CO)c1c(NC(c2ccc(C(F)(F)F)cc2)C2CC2)[nH]c(=O)[nH]c1=O.O=c1[nH]c(=O)c2c(CO)nn(C(c3ccc(C(F)(F)F)cc3)C3CC3)c2[nH]1. The van der Waals surface area contributed by atoms with Gasteiger partial charge in [0.25, 0.3) is 11.1 Å². The fourth-order valence-corrected chi connectivity index (χ4v) is 6.25. The number of aliphatic hydroxyl groups excluding tert-OH is 2. The second-order valence-electron chi connectivity index (χ2n) is 13.0. The number of alkyl halides is 6. The Kier molecular flexibility index (Phi) is 14.5. The van der Waals surface area contributed by atoms with E-state index in [1.807, 2.05) is 32.7 Å². The highest BCUT2D eigenvalue weighted by Crippen LogP contribution is 2.45. The number of nitrogens with zero attached hydrogens (tertiary/aromatic N) is 2. The van der Waals surface area contributed by atoms with Crippen LogP contribution in [0.1, 0.15) is 99.0 Å². The number of anilines is 1. The zero-order chi connectivity index (χ0) is 43.1. The predicted octanol–water partition coefficient (Wildman–Crippen LogP) is 5.98. The summed E-state index contributed by atoms with van der Waals surface area (Å²) in [6.45, 7) is 6.78. The number of benzene rings is 2. The Labute approximate surface area is 325 Å². The Hall–Kier alpha value is -5.76. The first-order valence-electron chi connectivity index (χ1n) is 18.5. The first-order chi connectivity index (χ1) is 27.5. The molecule has 0 radical (unpaired) electrons. The molecule has 2 atom stereocenters. The molecule has 0 saturated heterocycles. The van der Waals surface area contributed by atoms with Crippen molar-refractivity contribution in [3.05, 3.63) is 124 Å². The Bertz CT molecular complexity index is 2410. The van der Waals surface area contributed by atoms with Crippen LogP contribution in [0.3, 0.4) is 0 Å². The van der Waals surface area contributed by atoms with E-state index in [4.69, 9.17) is 5.41 Å². The Balaban J connectivity index is 0.000000237. The van der Waals surface area contributed by atoms with Crippen LogP contribution in [-0.4, -0.2) is 52.2 Å². The maximum Gasteiger partial charge on any atom is 0.416 e. The van der Waals surface area contributed by atoms with Crippen molar-refractivity contribution in [1.82, 2.24) is 29.7 Å². The van der Waals surface area contributed by atoms with Crippen LogP contribution in [-0.2, 0) is 19.0 Å². The minimum Gasteiger partial charge on any atom is -0.390 e. The fourth-order valence-electron chi connectivity index (χ4n) is 6.25. The maximum absolute atomic E-state index is 12.8. The lowest BCUT2D eigenvalue weighted by Gasteiger charge is -2.22. The molecule has 7 rings (SSSR count). The molecule has 14 nitrogen and oxygen atoms in total. The van der Waals surface area contributed by atoms with Crippen molar-refractivity contribution in [3.8, 4) is 0 Å². The van der Waals surface area contributed by atoms with Crippen molar-refractivity contribution in [3.63, 3.8) is 0 Å². The van der Waals surface area contributed by atoms with E-state index in [-0.39, 0.29) is 39.9 Å². The number of halogens is 6. The number of rotatable bonds is 10. The van der Waals surface area contributed by atoms with Crippen molar-refractivity contribution in [2.45, 2.75) is 84.4 Å². The van der Waals surface area contributed by atoms with Gasteiger partial charge in [-0.1, -0.05) is 52.0 Å². The summed E-state index contributed by atoms with van der Waals surface area (Å²) in [5, 5.41) is 33.8. The van der Waals surface area contributed by atoms with Gasteiger partial charge in [0.1, 0.15) is 28.1 Å². The lowest BCUT2D eigenvalue weighted by Crippen LogP contribution is -2.32. The van der Waals surface area contributed by atoms with Crippen LogP contribution >= 0.6 is 0 Å². The molecule has 2 aliphatic carbocycles. The van der Waals surface area contributed by atoms with Crippen molar-refractivity contribution in [1.29, 1.82) is 5.41 Å². The minimum atomic E-state index is -4.44. The number of hydrogen-bond acceptors (Lipinski definition) is 9. The standard InChI is InChI=1S/C17H15F3N4O3.C17H17F3N4O3.2C2H6/c18-17(19,20)10-5-3-9(4-6-10)13(8-1-2-8)24-14-12(11(7-25)23-24)15(26)22-16(27)21-14;18-17(19,20)10-5-3-9(4-6-10)13(8-1-2-8)22-14-12(11(21)7-25)15(26)24-16(27)23-14;2*1-2/h3-6,8,13,25H,1-2,7H2,(H2,21,22,26,27);3-6,8,13,21,25H,1-2,7H2,(H3,22,23,24,26,27);2*1-2H3. The summed E-state index contributed by atoms with van der Waals surface area (Å²) in [6, 6.07) is 8.50. The van der Waals surface area contributed by atoms with E-state index in [0.717, 1.165) is 49.9 Å². The van der Waals surface area contributed by atoms with Crippen molar-refractivity contribution in [2.75, 3.05) is 11.9 Å². The first kappa shape index (κ1) is 44.9. The van der Waals surface area contributed by atoms with Gasteiger partial charge in [-0.2, -0.15) is 31.4 Å². The van der Waals surface area contributed by atoms with Gasteiger partial charge in [0, 0.05) is 0 Å². The van der Waals surface area contributed by atoms with E-state index in [2.05, 4.69) is 25.4 Å². The molecule has 0 aliphatic heterocycles. The van der Waals surface area contributed by atoms with Crippen LogP contribution in [0.15, 0.2) is 67.7 Å². The molecule has 8 N–H and O–H groups in total. The number of hydrogen-bond donors (Lipinski definition) is 8. The van der Waals surface area contributed by atoms with E-state index in [1.165, 1.54) is 28.9 Å². The average molecular weight is 823 g/mol. The highest BCUT2D eigenvalue weighted by molar-refractivity contribution is 6.02. The monoisotopic (exact) mass is 822 g/mol. The summed E-state index contributed by atoms with van der Waals surface area (Å²) in [5.41, 5.74) is -3.77. The van der Waals surface area contributed by atoms with Gasteiger partial charge in [-0.3, -0.25) is 29.5 Å². The van der Waals surface area contributed by atoms with Crippen molar-refractivity contribution in [2.24, 2.45) is 11.8 Å². The normalized spacial score (nSPS) is 14.8. The first-order valence-corrected chi connectivity index (χ1v) is 18.5. The Morgan fingerprint density at radius 3 is 1.71 bits per heavy atom.